The SMILES string of the molecule is Cc1cc(C)c(C#N)c(SCc2nc(N)nc(Nc3ccc(F)cc3)n2)n1. The van der Waals surface area contributed by atoms with Crippen LogP contribution < -0.4 is 11.1 Å². The number of thioether (sulfide) groups is 1. The van der Waals surface area contributed by atoms with Crippen molar-refractivity contribution in [2.24, 2.45) is 0 Å². The summed E-state index contributed by atoms with van der Waals surface area (Å²) in [6.45, 7) is 3.76. The first-order valence-electron chi connectivity index (χ1n) is 7.99. The van der Waals surface area contributed by atoms with Crippen LogP contribution in [0.25, 0.3) is 0 Å². The average Bonchev–Trinajstić information content (AvgIpc) is 2.61. The third-order valence-corrected chi connectivity index (χ3v) is 4.53. The quantitative estimate of drug-likeness (QED) is 0.646. The molecule has 0 spiro atoms. The highest BCUT2D eigenvalue weighted by molar-refractivity contribution is 7.98. The molecule has 1 aromatic carbocycles. The number of aryl methyl sites for hydroxylation is 2. The van der Waals surface area contributed by atoms with Crippen LogP contribution in [0.15, 0.2) is 35.4 Å². The maximum absolute atomic E-state index is 13.0. The number of anilines is 3. The van der Waals surface area contributed by atoms with Gasteiger partial charge in [0.1, 0.15) is 22.7 Å². The molecule has 2 heterocycles. The zero-order valence-electron chi connectivity index (χ0n) is 14.7. The first-order valence-corrected chi connectivity index (χ1v) is 8.97. The maximum Gasteiger partial charge on any atom is 0.232 e. The lowest BCUT2D eigenvalue weighted by Gasteiger charge is -2.09. The Balaban J connectivity index is 1.79. The molecule has 136 valence electrons. The Morgan fingerprint density at radius 3 is 2.59 bits per heavy atom. The normalized spacial score (nSPS) is 10.4. The van der Waals surface area contributed by atoms with Crippen LogP contribution >= 0.6 is 11.8 Å². The number of pyridine rings is 1. The number of nitrogens with one attached hydrogen (secondary N) is 1. The van der Waals surface area contributed by atoms with Gasteiger partial charge in [0.05, 0.1) is 11.3 Å². The molecule has 9 heteroatoms. The molecule has 0 unspecified atom stereocenters. The van der Waals surface area contributed by atoms with Crippen molar-refractivity contribution in [3.63, 3.8) is 0 Å². The summed E-state index contributed by atoms with van der Waals surface area (Å²) in [6.07, 6.45) is 0. The molecule has 27 heavy (non-hydrogen) atoms. The van der Waals surface area contributed by atoms with Crippen molar-refractivity contribution in [2.45, 2.75) is 24.6 Å². The van der Waals surface area contributed by atoms with Crippen molar-refractivity contribution in [3.05, 3.63) is 58.8 Å². The summed E-state index contributed by atoms with van der Waals surface area (Å²) in [4.78, 5) is 16.9. The molecular weight excluding hydrogens is 365 g/mol. The number of nitrogens with zero attached hydrogens (tertiary/aromatic N) is 5. The number of hydrogen-bond acceptors (Lipinski definition) is 8. The highest BCUT2D eigenvalue weighted by atomic mass is 32.2. The predicted octanol–water partition coefficient (Wildman–Crippen LogP) is 3.51. The Hall–Kier alpha value is -3.25. The maximum atomic E-state index is 13.0. The standard InChI is InChI=1S/C18H16FN7S/c1-10-7-11(2)22-16(14(10)8-20)27-9-15-24-17(21)26-18(25-15)23-13-5-3-12(19)4-6-13/h3-7H,9H2,1-2H3,(H3,21,23,24,25,26). The van der Waals surface area contributed by atoms with E-state index in [9.17, 15) is 9.65 Å². The van der Waals surface area contributed by atoms with E-state index in [1.54, 1.807) is 12.1 Å². The zero-order chi connectivity index (χ0) is 19.4. The molecule has 0 aliphatic rings. The van der Waals surface area contributed by atoms with Crippen LogP contribution in [0, 0.1) is 31.0 Å². The van der Waals surface area contributed by atoms with Crippen LogP contribution in [0.2, 0.25) is 0 Å². The van der Waals surface area contributed by atoms with Gasteiger partial charge in [-0.3, -0.25) is 0 Å². The molecule has 2 aromatic heterocycles. The largest absolute Gasteiger partial charge is 0.368 e. The Kier molecular flexibility index (Phi) is 5.47. The van der Waals surface area contributed by atoms with Crippen LogP contribution in [0.4, 0.5) is 22.0 Å². The van der Waals surface area contributed by atoms with Crippen LogP contribution in [0.5, 0.6) is 0 Å². The summed E-state index contributed by atoms with van der Waals surface area (Å²) < 4.78 is 13.0. The molecule has 0 aliphatic heterocycles. The summed E-state index contributed by atoms with van der Waals surface area (Å²) in [7, 11) is 0. The number of halogens is 1. The van der Waals surface area contributed by atoms with Gasteiger partial charge in [-0.15, -0.1) is 0 Å². The fraction of sp³-hybridized carbons (Fsp3) is 0.167. The van der Waals surface area contributed by atoms with Gasteiger partial charge in [0.25, 0.3) is 0 Å². The minimum Gasteiger partial charge on any atom is -0.368 e. The summed E-state index contributed by atoms with van der Waals surface area (Å²) >= 11 is 1.36. The molecule has 3 rings (SSSR count). The highest BCUT2D eigenvalue weighted by Gasteiger charge is 2.12. The molecule has 3 aromatic rings. The fourth-order valence-corrected chi connectivity index (χ4v) is 3.35. The van der Waals surface area contributed by atoms with Crippen LogP contribution in [0.1, 0.15) is 22.6 Å². The predicted molar refractivity (Wildman–Crippen MR) is 102 cm³/mol. The lowest BCUT2D eigenvalue weighted by Crippen LogP contribution is -2.07. The molecule has 3 N–H and O–H groups in total. The molecular formula is C18H16FN7S. The van der Waals surface area contributed by atoms with Gasteiger partial charge >= 0.3 is 0 Å². The number of nitrogens with two attached hydrogens (primary N) is 1. The zero-order valence-corrected chi connectivity index (χ0v) is 15.5. The second-order valence-electron chi connectivity index (χ2n) is 5.73. The van der Waals surface area contributed by atoms with E-state index < -0.39 is 0 Å². The van der Waals surface area contributed by atoms with Crippen molar-refractivity contribution >= 4 is 29.3 Å². The van der Waals surface area contributed by atoms with Crippen molar-refractivity contribution < 1.29 is 4.39 Å². The van der Waals surface area contributed by atoms with Gasteiger partial charge < -0.3 is 11.1 Å². The van der Waals surface area contributed by atoms with Crippen molar-refractivity contribution in [1.29, 1.82) is 5.26 Å². The molecule has 0 radical (unpaired) electrons. The first-order chi connectivity index (χ1) is 12.9. The Bertz CT molecular complexity index is 1020. The Morgan fingerprint density at radius 2 is 1.89 bits per heavy atom. The lowest BCUT2D eigenvalue weighted by molar-refractivity contribution is 0.628. The first kappa shape index (κ1) is 18.5. The average molecular weight is 381 g/mol. The second kappa shape index (κ2) is 7.97. The lowest BCUT2D eigenvalue weighted by atomic mass is 10.1. The third kappa shape index (κ3) is 4.68. The molecule has 0 saturated heterocycles. The van der Waals surface area contributed by atoms with Crippen LogP contribution in [-0.4, -0.2) is 19.9 Å². The van der Waals surface area contributed by atoms with Gasteiger partial charge in [0.2, 0.25) is 11.9 Å². The number of hydrogen-bond donors (Lipinski definition) is 2. The molecule has 0 atom stereocenters. The number of aromatic nitrogens is 4. The topological polar surface area (TPSA) is 113 Å². The van der Waals surface area contributed by atoms with Crippen molar-refractivity contribution in [3.8, 4) is 6.07 Å². The minimum absolute atomic E-state index is 0.0686. The van der Waals surface area contributed by atoms with E-state index in [1.807, 2.05) is 19.9 Å². The van der Waals surface area contributed by atoms with Gasteiger partial charge in [-0.2, -0.15) is 20.2 Å². The van der Waals surface area contributed by atoms with E-state index in [0.717, 1.165) is 11.3 Å². The van der Waals surface area contributed by atoms with Gasteiger partial charge in [0, 0.05) is 11.4 Å². The third-order valence-electron chi connectivity index (χ3n) is 3.56. The number of nitriles is 1. The molecule has 0 aliphatic carbocycles. The smallest absolute Gasteiger partial charge is 0.232 e. The van der Waals surface area contributed by atoms with Crippen molar-refractivity contribution in [2.75, 3.05) is 11.1 Å². The van der Waals surface area contributed by atoms with Crippen molar-refractivity contribution in [1.82, 2.24) is 19.9 Å². The van der Waals surface area contributed by atoms with E-state index in [1.165, 1.54) is 23.9 Å². The van der Waals surface area contributed by atoms with E-state index >= 15 is 0 Å². The molecule has 0 saturated carbocycles. The van der Waals surface area contributed by atoms with Gasteiger partial charge in [-0.05, 0) is 49.7 Å². The molecule has 0 bridgehead atoms. The van der Waals surface area contributed by atoms with E-state index in [-0.39, 0.29) is 17.7 Å². The molecule has 0 fully saturated rings. The number of nitrogen functional groups attached to an aromatic ring is 1. The van der Waals surface area contributed by atoms with E-state index in [4.69, 9.17) is 5.73 Å². The Labute approximate surface area is 159 Å². The molecule has 7 nitrogen and oxygen atoms in total. The summed E-state index contributed by atoms with van der Waals surface area (Å²) in [5.41, 5.74) is 8.65. The summed E-state index contributed by atoms with van der Waals surface area (Å²) in [5, 5.41) is 13.0. The summed E-state index contributed by atoms with van der Waals surface area (Å²) in [5.74, 6) is 0.816. The van der Waals surface area contributed by atoms with Gasteiger partial charge in [-0.1, -0.05) is 11.8 Å². The van der Waals surface area contributed by atoms with E-state index in [2.05, 4.69) is 31.3 Å². The van der Waals surface area contributed by atoms with Gasteiger partial charge in [0.15, 0.2) is 0 Å². The van der Waals surface area contributed by atoms with E-state index in [0.29, 0.717) is 27.9 Å². The highest BCUT2D eigenvalue weighted by Crippen LogP contribution is 2.26. The van der Waals surface area contributed by atoms with Crippen LogP contribution in [0.3, 0.4) is 0 Å². The van der Waals surface area contributed by atoms with Gasteiger partial charge in [-0.25, -0.2) is 9.37 Å². The number of benzene rings is 1. The number of rotatable bonds is 5. The Morgan fingerprint density at radius 1 is 1.15 bits per heavy atom. The summed E-state index contributed by atoms with van der Waals surface area (Å²) in [6, 6.07) is 9.86. The second-order valence-corrected chi connectivity index (χ2v) is 6.69. The minimum atomic E-state index is -0.331. The fourth-order valence-electron chi connectivity index (χ4n) is 2.40. The van der Waals surface area contributed by atoms with Crippen LogP contribution in [-0.2, 0) is 5.75 Å². The molecule has 0 amide bonds. The monoisotopic (exact) mass is 381 g/mol.